The molecule has 1 aromatic carbocycles. The molecule has 0 aliphatic carbocycles. The van der Waals surface area contributed by atoms with Crippen LogP contribution < -0.4 is 22.1 Å². The highest BCUT2D eigenvalue weighted by Gasteiger charge is 2.12. The summed E-state index contributed by atoms with van der Waals surface area (Å²) in [7, 11) is 1.61. The van der Waals surface area contributed by atoms with Crippen LogP contribution in [0.3, 0.4) is 0 Å². The first-order valence-corrected chi connectivity index (χ1v) is 5.31. The molecule has 0 unspecified atom stereocenters. The summed E-state index contributed by atoms with van der Waals surface area (Å²) >= 11 is 0. The lowest BCUT2D eigenvalue weighted by molar-refractivity contribution is -0.113. The number of benzene rings is 1. The third kappa shape index (κ3) is 2.67. The lowest BCUT2D eigenvalue weighted by Gasteiger charge is -2.13. The van der Waals surface area contributed by atoms with Gasteiger partial charge in [-0.3, -0.25) is 9.79 Å². The Kier molecular flexibility index (Phi) is 4.45. The molecule has 6 N–H and O–H groups in total. The van der Waals surface area contributed by atoms with Crippen LogP contribution in [0.15, 0.2) is 29.4 Å². The van der Waals surface area contributed by atoms with Crippen LogP contribution >= 0.6 is 0 Å². The molecular weight excluding hydrogens is 230 g/mol. The van der Waals surface area contributed by atoms with Gasteiger partial charge in [-0.1, -0.05) is 12.6 Å². The molecule has 0 bridgehead atoms. The number of nitrogens with zero attached hydrogens (tertiary/aromatic N) is 1. The van der Waals surface area contributed by atoms with Gasteiger partial charge in [-0.25, -0.2) is 0 Å². The third-order valence-corrected chi connectivity index (χ3v) is 2.50. The number of aliphatic imine (C=N–C) groups is 1. The second kappa shape index (κ2) is 5.83. The van der Waals surface area contributed by atoms with Gasteiger partial charge < -0.3 is 22.1 Å². The molecule has 0 aliphatic heterocycles. The van der Waals surface area contributed by atoms with E-state index in [9.17, 15) is 4.79 Å². The van der Waals surface area contributed by atoms with E-state index in [1.807, 2.05) is 0 Å². The Morgan fingerprint density at radius 1 is 1.50 bits per heavy atom. The second-order valence-electron chi connectivity index (χ2n) is 3.58. The van der Waals surface area contributed by atoms with E-state index < -0.39 is 0 Å². The molecule has 0 radical (unpaired) electrons. The Balaban J connectivity index is 3.08. The number of rotatable bonds is 5. The molecular formula is C12H17N5O. The smallest absolute Gasteiger partial charge is 0.271 e. The number of likely N-dealkylation sites (N-methyl/N-ethyl adjacent to an activating group) is 1. The van der Waals surface area contributed by atoms with Crippen LogP contribution in [0.4, 0.5) is 17.1 Å². The van der Waals surface area contributed by atoms with Crippen molar-refractivity contribution in [1.29, 1.82) is 0 Å². The first-order chi connectivity index (χ1) is 8.54. The zero-order valence-electron chi connectivity index (χ0n) is 10.3. The zero-order valence-corrected chi connectivity index (χ0v) is 10.3. The van der Waals surface area contributed by atoms with Crippen molar-refractivity contribution in [3.05, 3.63) is 30.0 Å². The Morgan fingerprint density at radius 2 is 2.17 bits per heavy atom. The fourth-order valence-corrected chi connectivity index (χ4v) is 1.42. The van der Waals surface area contributed by atoms with Crippen LogP contribution in [0, 0.1) is 0 Å². The molecule has 1 aromatic rings. The number of carbonyl (C=O) groups is 1. The number of nitrogen functional groups attached to an aromatic ring is 1. The Labute approximate surface area is 106 Å². The van der Waals surface area contributed by atoms with Crippen LogP contribution in [-0.2, 0) is 11.3 Å². The Hall–Kier alpha value is -2.34. The average Bonchev–Trinajstić information content (AvgIpc) is 2.39. The van der Waals surface area contributed by atoms with Gasteiger partial charge in [0.15, 0.2) is 0 Å². The molecule has 0 atom stereocenters. The van der Waals surface area contributed by atoms with Crippen molar-refractivity contribution in [3.63, 3.8) is 0 Å². The van der Waals surface area contributed by atoms with Gasteiger partial charge in [-0.2, -0.15) is 0 Å². The SMILES string of the molecule is C=Nc1c(CN)ccc(NC(=O)C(=C)NC)c1N. The Morgan fingerprint density at radius 3 is 2.67 bits per heavy atom. The molecule has 1 amide bonds. The van der Waals surface area contributed by atoms with E-state index >= 15 is 0 Å². The van der Waals surface area contributed by atoms with E-state index in [1.54, 1.807) is 19.2 Å². The summed E-state index contributed by atoms with van der Waals surface area (Å²) in [6, 6.07) is 3.42. The largest absolute Gasteiger partial charge is 0.395 e. The van der Waals surface area contributed by atoms with Crippen LogP contribution in [0.2, 0.25) is 0 Å². The molecule has 96 valence electrons. The predicted molar refractivity (Wildman–Crippen MR) is 74.8 cm³/mol. The number of nitrogens with two attached hydrogens (primary N) is 2. The summed E-state index contributed by atoms with van der Waals surface area (Å²) in [4.78, 5) is 15.5. The van der Waals surface area contributed by atoms with E-state index in [0.717, 1.165) is 5.56 Å². The quantitative estimate of drug-likeness (QED) is 0.349. The lowest BCUT2D eigenvalue weighted by atomic mass is 10.1. The zero-order chi connectivity index (χ0) is 13.7. The number of nitrogens with one attached hydrogen (secondary N) is 2. The van der Waals surface area contributed by atoms with E-state index in [2.05, 4.69) is 28.9 Å². The van der Waals surface area contributed by atoms with Crippen LogP contribution in [0.25, 0.3) is 0 Å². The highest BCUT2D eigenvalue weighted by atomic mass is 16.2. The standard InChI is InChI=1S/C12H17N5O/c1-7(15-2)12(18)17-9-5-4-8(6-13)11(16-3)10(9)14/h4-5,15H,1,3,6,13-14H2,2H3,(H,17,18). The van der Waals surface area contributed by atoms with E-state index in [4.69, 9.17) is 11.5 Å². The monoisotopic (exact) mass is 247 g/mol. The number of hydrogen-bond acceptors (Lipinski definition) is 5. The fourth-order valence-electron chi connectivity index (χ4n) is 1.42. The van der Waals surface area contributed by atoms with Gasteiger partial charge in [-0.05, 0) is 18.3 Å². The molecule has 18 heavy (non-hydrogen) atoms. The van der Waals surface area contributed by atoms with Gasteiger partial charge in [-0.15, -0.1) is 0 Å². The van der Waals surface area contributed by atoms with Crippen molar-refractivity contribution >= 4 is 29.7 Å². The highest BCUT2D eigenvalue weighted by molar-refractivity contribution is 6.05. The number of amides is 1. The molecule has 0 spiro atoms. The Bertz CT molecular complexity index is 495. The van der Waals surface area contributed by atoms with E-state index in [1.165, 1.54) is 0 Å². The van der Waals surface area contributed by atoms with Crippen LogP contribution in [-0.4, -0.2) is 19.7 Å². The molecule has 0 saturated carbocycles. The van der Waals surface area contributed by atoms with Gasteiger partial charge in [0, 0.05) is 13.6 Å². The third-order valence-electron chi connectivity index (χ3n) is 2.50. The van der Waals surface area contributed by atoms with Gasteiger partial charge in [0.05, 0.1) is 22.8 Å². The molecule has 6 heteroatoms. The van der Waals surface area contributed by atoms with Crippen molar-refractivity contribution in [1.82, 2.24) is 5.32 Å². The van der Waals surface area contributed by atoms with Crippen LogP contribution in [0.1, 0.15) is 5.56 Å². The maximum absolute atomic E-state index is 11.7. The molecule has 0 saturated heterocycles. The maximum Gasteiger partial charge on any atom is 0.271 e. The molecule has 1 rings (SSSR count). The minimum Gasteiger partial charge on any atom is -0.395 e. The van der Waals surface area contributed by atoms with Gasteiger partial charge >= 0.3 is 0 Å². The molecule has 0 aliphatic rings. The average molecular weight is 247 g/mol. The minimum absolute atomic E-state index is 0.241. The van der Waals surface area contributed by atoms with Crippen molar-refractivity contribution < 1.29 is 4.79 Å². The molecule has 6 nitrogen and oxygen atoms in total. The summed E-state index contributed by atoms with van der Waals surface area (Å²) < 4.78 is 0. The molecule has 0 fully saturated rings. The second-order valence-corrected chi connectivity index (χ2v) is 3.58. The minimum atomic E-state index is -0.361. The number of anilines is 2. The lowest BCUT2D eigenvalue weighted by Crippen LogP contribution is -2.22. The summed E-state index contributed by atoms with van der Waals surface area (Å²) in [5.41, 5.74) is 13.8. The normalized spacial score (nSPS) is 9.67. The maximum atomic E-state index is 11.7. The predicted octanol–water partition coefficient (Wildman–Crippen LogP) is 0.731. The van der Waals surface area contributed by atoms with Crippen molar-refractivity contribution in [2.75, 3.05) is 18.1 Å². The van der Waals surface area contributed by atoms with Crippen molar-refractivity contribution in [2.24, 2.45) is 10.7 Å². The molecule has 0 heterocycles. The first-order valence-electron chi connectivity index (χ1n) is 5.31. The van der Waals surface area contributed by atoms with E-state index in [-0.39, 0.29) is 11.6 Å². The highest BCUT2D eigenvalue weighted by Crippen LogP contribution is 2.33. The number of hydrogen-bond donors (Lipinski definition) is 4. The first kappa shape index (κ1) is 13.7. The summed E-state index contributed by atoms with van der Waals surface area (Å²) in [5.74, 6) is -0.361. The fraction of sp³-hybridized carbons (Fsp3) is 0.167. The van der Waals surface area contributed by atoms with Crippen molar-refractivity contribution in [2.45, 2.75) is 6.54 Å². The molecule has 0 aromatic heterocycles. The topological polar surface area (TPSA) is 106 Å². The van der Waals surface area contributed by atoms with Gasteiger partial charge in [0.1, 0.15) is 0 Å². The summed E-state index contributed by atoms with van der Waals surface area (Å²) in [5, 5.41) is 5.28. The van der Waals surface area contributed by atoms with Gasteiger partial charge in [0.2, 0.25) is 0 Å². The van der Waals surface area contributed by atoms with Gasteiger partial charge in [0.25, 0.3) is 5.91 Å². The number of carbonyl (C=O) groups excluding carboxylic acids is 1. The van der Waals surface area contributed by atoms with Crippen LogP contribution in [0.5, 0.6) is 0 Å². The summed E-state index contributed by atoms with van der Waals surface area (Å²) in [6.45, 7) is 7.30. The van der Waals surface area contributed by atoms with E-state index in [0.29, 0.717) is 23.6 Å². The van der Waals surface area contributed by atoms with Crippen molar-refractivity contribution in [3.8, 4) is 0 Å². The summed E-state index contributed by atoms with van der Waals surface area (Å²) in [6.07, 6.45) is 0.